The van der Waals surface area contributed by atoms with Gasteiger partial charge in [0.05, 0.1) is 13.2 Å². The van der Waals surface area contributed by atoms with Crippen molar-refractivity contribution >= 4 is 71.0 Å². The predicted octanol–water partition coefficient (Wildman–Crippen LogP) is -5.37. The Kier molecular flexibility index (Phi) is 21.8. The van der Waals surface area contributed by atoms with E-state index in [4.69, 9.17) is 22.3 Å². The van der Waals surface area contributed by atoms with Crippen molar-refractivity contribution < 1.29 is 58.5 Å². The number of aliphatic imine (C=N–C) groups is 1. The number of guanidine groups is 1. The number of carbonyl (C=O) groups is 9. The third-order valence-corrected chi connectivity index (χ3v) is 9.07. The number of aliphatic hydroxyl groups excluding tert-OH is 1. The molecule has 0 aromatic rings. The lowest BCUT2D eigenvalue weighted by Gasteiger charge is -2.29. The average Bonchev–Trinajstić information content (AvgIpc) is 3.64. The normalized spacial score (nSPS) is 16.7. The number of hydrogen-bond donors (Lipinski definition) is 12. The zero-order chi connectivity index (χ0) is 42.5. The number of carboxylic acid groups (broad SMARTS) is 2. The summed E-state index contributed by atoms with van der Waals surface area (Å²) >= 11 is 1.37. The fourth-order valence-electron chi connectivity index (χ4n) is 5.39. The molecule has 0 radical (unpaired) electrons. The van der Waals surface area contributed by atoms with Gasteiger partial charge in [-0.25, -0.2) is 4.79 Å². The van der Waals surface area contributed by atoms with Crippen molar-refractivity contribution in [1.29, 1.82) is 0 Å². The van der Waals surface area contributed by atoms with Crippen LogP contribution in [0.25, 0.3) is 0 Å². The van der Waals surface area contributed by atoms with Crippen molar-refractivity contribution in [3.05, 3.63) is 0 Å². The molecule has 0 spiro atoms. The van der Waals surface area contributed by atoms with Gasteiger partial charge in [0.25, 0.3) is 0 Å². The molecule has 7 atom stereocenters. The second kappa shape index (κ2) is 25.0. The van der Waals surface area contributed by atoms with Gasteiger partial charge in [0.15, 0.2) is 5.96 Å². The Morgan fingerprint density at radius 3 is 1.95 bits per heavy atom. The van der Waals surface area contributed by atoms with E-state index in [1.54, 1.807) is 6.26 Å². The van der Waals surface area contributed by atoms with Crippen molar-refractivity contribution in [3.63, 3.8) is 0 Å². The van der Waals surface area contributed by atoms with Crippen LogP contribution in [0.3, 0.4) is 0 Å². The number of hydrogen-bond acceptors (Lipinski definition) is 13. The second-order valence-corrected chi connectivity index (χ2v) is 13.8. The molecule has 0 bridgehead atoms. The number of nitrogens with zero attached hydrogens (tertiary/aromatic N) is 2. The molecule has 1 heterocycles. The Labute approximate surface area is 327 Å². The number of likely N-dealkylation sites (tertiary alicyclic amines) is 1. The third-order valence-electron chi connectivity index (χ3n) is 8.42. The van der Waals surface area contributed by atoms with Gasteiger partial charge in [-0.15, -0.1) is 0 Å². The average molecular weight is 818 g/mol. The molecule has 56 heavy (non-hydrogen) atoms. The summed E-state index contributed by atoms with van der Waals surface area (Å²) in [7, 11) is 0. The van der Waals surface area contributed by atoms with E-state index in [-0.39, 0.29) is 51.2 Å². The molecule has 0 aliphatic carbocycles. The van der Waals surface area contributed by atoms with Crippen LogP contribution in [0.15, 0.2) is 4.99 Å². The van der Waals surface area contributed by atoms with Crippen LogP contribution in [-0.2, 0) is 43.2 Å². The van der Waals surface area contributed by atoms with E-state index in [0.29, 0.717) is 12.2 Å². The van der Waals surface area contributed by atoms with Crippen molar-refractivity contribution in [2.45, 2.75) is 101 Å². The van der Waals surface area contributed by atoms with Crippen LogP contribution in [-0.4, -0.2) is 160 Å². The molecule has 1 fully saturated rings. The molecular weight excluding hydrogens is 762 g/mol. The Bertz CT molecular complexity index is 1450. The number of carbonyl (C=O) groups excluding carboxylic acids is 7. The van der Waals surface area contributed by atoms with Crippen LogP contribution in [0.2, 0.25) is 0 Å². The highest BCUT2D eigenvalue weighted by molar-refractivity contribution is 7.98. The summed E-state index contributed by atoms with van der Waals surface area (Å²) in [6, 6.07) is -8.93. The minimum atomic E-state index is -1.49. The smallest absolute Gasteiger partial charge is 0.326 e. The molecule has 1 saturated heterocycles. The van der Waals surface area contributed by atoms with Gasteiger partial charge >= 0.3 is 11.9 Å². The summed E-state index contributed by atoms with van der Waals surface area (Å²) in [5.41, 5.74) is 16.0. The Balaban J connectivity index is 3.10. The summed E-state index contributed by atoms with van der Waals surface area (Å²) in [4.78, 5) is 119. The fraction of sp³-hybridized carbons (Fsp3) is 0.688. The highest BCUT2D eigenvalue weighted by Crippen LogP contribution is 2.19. The zero-order valence-electron chi connectivity index (χ0n) is 31.6. The first kappa shape index (κ1) is 48.8. The fourth-order valence-corrected chi connectivity index (χ4v) is 5.86. The van der Waals surface area contributed by atoms with Gasteiger partial charge in [0.1, 0.15) is 42.3 Å². The maximum absolute atomic E-state index is 13.6. The summed E-state index contributed by atoms with van der Waals surface area (Å²) in [6.45, 7) is 1.64. The van der Waals surface area contributed by atoms with Crippen LogP contribution >= 0.6 is 11.8 Å². The first-order valence-electron chi connectivity index (χ1n) is 17.8. The van der Waals surface area contributed by atoms with Crippen molar-refractivity contribution in [3.8, 4) is 0 Å². The molecule has 7 unspecified atom stereocenters. The summed E-state index contributed by atoms with van der Waals surface area (Å²) in [5, 5.41) is 42.4. The lowest BCUT2D eigenvalue weighted by Crippen LogP contribution is -2.59. The molecule has 316 valence electrons. The molecule has 0 aromatic carbocycles. The van der Waals surface area contributed by atoms with Gasteiger partial charge in [0, 0.05) is 19.5 Å². The predicted molar refractivity (Wildman–Crippen MR) is 201 cm³/mol. The van der Waals surface area contributed by atoms with E-state index in [0.717, 1.165) is 0 Å². The number of amides is 7. The Hall–Kier alpha value is -5.23. The SMILES string of the molecule is CSCCC(NC(=O)C(CCCN=C(N)N)NC(=O)C(C)NC(=O)C(CO)NC(=O)CN)C(=O)NC(C)C(=O)N1CCCC1C(=O)NC(CCC(=O)O)C(=O)O. The molecule has 7 amide bonds. The highest BCUT2D eigenvalue weighted by Gasteiger charge is 2.38. The van der Waals surface area contributed by atoms with Gasteiger partial charge < -0.3 is 69.3 Å². The maximum Gasteiger partial charge on any atom is 0.326 e. The molecule has 23 nitrogen and oxygen atoms in total. The monoisotopic (exact) mass is 817 g/mol. The molecule has 1 rings (SSSR count). The molecule has 24 heteroatoms. The maximum atomic E-state index is 13.6. The van der Waals surface area contributed by atoms with Crippen LogP contribution in [0, 0.1) is 0 Å². The van der Waals surface area contributed by atoms with Crippen molar-refractivity contribution in [1.82, 2.24) is 36.8 Å². The van der Waals surface area contributed by atoms with E-state index >= 15 is 0 Å². The third kappa shape index (κ3) is 17.1. The summed E-state index contributed by atoms with van der Waals surface area (Å²) < 4.78 is 0. The van der Waals surface area contributed by atoms with Gasteiger partial charge in [-0.3, -0.25) is 43.3 Å². The topological polar surface area (TPSA) is 380 Å². The Morgan fingerprint density at radius 1 is 0.786 bits per heavy atom. The number of aliphatic hydroxyl groups is 1. The lowest BCUT2D eigenvalue weighted by molar-refractivity contribution is -0.145. The van der Waals surface area contributed by atoms with Crippen molar-refractivity contribution in [2.75, 3.05) is 38.2 Å². The van der Waals surface area contributed by atoms with Crippen LogP contribution < -0.4 is 49.1 Å². The quantitative estimate of drug-likeness (QED) is 0.0232. The van der Waals surface area contributed by atoms with E-state index < -0.39 is 115 Å². The minimum Gasteiger partial charge on any atom is -0.481 e. The number of thioether (sulfide) groups is 1. The summed E-state index contributed by atoms with van der Waals surface area (Å²) in [6.07, 6.45) is 1.75. The van der Waals surface area contributed by atoms with E-state index in [1.165, 1.54) is 30.5 Å². The summed E-state index contributed by atoms with van der Waals surface area (Å²) in [5.74, 6) is -7.94. The number of rotatable bonds is 25. The van der Waals surface area contributed by atoms with Crippen LogP contribution in [0.1, 0.15) is 58.8 Å². The first-order chi connectivity index (χ1) is 26.4. The number of nitrogens with two attached hydrogens (primary N) is 3. The van der Waals surface area contributed by atoms with Crippen LogP contribution in [0.5, 0.6) is 0 Å². The van der Waals surface area contributed by atoms with Gasteiger partial charge in [-0.1, -0.05) is 0 Å². The van der Waals surface area contributed by atoms with E-state index in [2.05, 4.69) is 36.9 Å². The zero-order valence-corrected chi connectivity index (χ0v) is 32.4. The minimum absolute atomic E-state index is 0.0238. The number of aliphatic carboxylic acids is 2. The molecule has 0 aromatic heterocycles. The first-order valence-corrected chi connectivity index (χ1v) is 19.2. The molecular formula is C32H55N11O12S. The molecule has 1 aliphatic heterocycles. The molecule has 15 N–H and O–H groups in total. The van der Waals surface area contributed by atoms with E-state index in [9.17, 15) is 53.4 Å². The number of carboxylic acids is 2. The van der Waals surface area contributed by atoms with E-state index in [1.807, 2.05) is 0 Å². The van der Waals surface area contributed by atoms with Gasteiger partial charge in [-0.2, -0.15) is 11.8 Å². The lowest BCUT2D eigenvalue weighted by atomic mass is 10.1. The largest absolute Gasteiger partial charge is 0.481 e. The second-order valence-electron chi connectivity index (χ2n) is 12.8. The standard InChI is InChI=1S/C32H55N11O12S/c1-16(37-28(51)21(15-44)39-23(45)14-33)25(48)40-18(6-4-11-36-32(34)35)27(50)41-19(10-13-56-3)26(49)38-17(2)30(53)43-12-5-7-22(43)29(52)42-20(31(54)55)8-9-24(46)47/h16-22,44H,4-15,33H2,1-3H3,(H,37,51)(H,38,49)(H,39,45)(H,40,48)(H,41,50)(H,42,52)(H,46,47)(H,54,55)(H4,34,35,36). The van der Waals surface area contributed by atoms with Gasteiger partial charge in [0.2, 0.25) is 41.4 Å². The highest BCUT2D eigenvalue weighted by atomic mass is 32.2. The van der Waals surface area contributed by atoms with Crippen LogP contribution in [0.4, 0.5) is 0 Å². The number of nitrogens with one attached hydrogen (secondary N) is 6. The molecule has 0 saturated carbocycles. The van der Waals surface area contributed by atoms with Gasteiger partial charge in [-0.05, 0) is 64.4 Å². The van der Waals surface area contributed by atoms with Crippen molar-refractivity contribution in [2.24, 2.45) is 22.2 Å². The molecule has 1 aliphatic rings. The Morgan fingerprint density at radius 2 is 1.38 bits per heavy atom.